The summed E-state index contributed by atoms with van der Waals surface area (Å²) >= 11 is 0. The van der Waals surface area contributed by atoms with E-state index >= 15 is 0 Å². The van der Waals surface area contributed by atoms with Crippen LogP contribution in [0.5, 0.6) is 5.75 Å². The van der Waals surface area contributed by atoms with E-state index in [9.17, 15) is 9.59 Å². The van der Waals surface area contributed by atoms with Crippen LogP contribution in [0.15, 0.2) is 42.5 Å². The molecule has 1 N–H and O–H groups in total. The number of benzene rings is 2. The molecule has 1 saturated heterocycles. The molecular weight excluding hydrogens is 316 g/mol. The molecular formula is C20H22N2O3. The Balaban J connectivity index is 1.69. The zero-order valence-corrected chi connectivity index (χ0v) is 14.7. The molecule has 130 valence electrons. The van der Waals surface area contributed by atoms with E-state index in [0.717, 1.165) is 28.3 Å². The first kappa shape index (κ1) is 17.0. The Bertz CT molecular complexity index is 779. The van der Waals surface area contributed by atoms with Gasteiger partial charge in [-0.05, 0) is 61.4 Å². The Morgan fingerprint density at radius 1 is 1.12 bits per heavy atom. The highest BCUT2D eigenvalue weighted by molar-refractivity contribution is 6.03. The highest BCUT2D eigenvalue weighted by Crippen LogP contribution is 2.27. The van der Waals surface area contributed by atoms with Gasteiger partial charge in [-0.25, -0.2) is 0 Å². The molecule has 1 atom stereocenters. The molecule has 2 aromatic carbocycles. The van der Waals surface area contributed by atoms with Gasteiger partial charge in [-0.2, -0.15) is 0 Å². The number of nitrogens with zero attached hydrogens (tertiary/aromatic N) is 1. The summed E-state index contributed by atoms with van der Waals surface area (Å²) in [7, 11) is 1.60. The molecule has 2 aromatic rings. The lowest BCUT2D eigenvalue weighted by molar-refractivity contribution is -0.122. The van der Waals surface area contributed by atoms with Crippen LogP contribution in [0.1, 0.15) is 17.5 Å². The van der Waals surface area contributed by atoms with Crippen LogP contribution in [0.2, 0.25) is 0 Å². The monoisotopic (exact) mass is 338 g/mol. The number of amides is 2. The van der Waals surface area contributed by atoms with Crippen molar-refractivity contribution >= 4 is 23.2 Å². The third kappa shape index (κ3) is 3.82. The molecule has 1 unspecified atom stereocenters. The fourth-order valence-corrected chi connectivity index (χ4v) is 3.19. The maximum absolute atomic E-state index is 12.6. The molecule has 1 fully saturated rings. The molecule has 1 heterocycles. The fraction of sp³-hybridized carbons (Fsp3) is 0.300. The number of carbonyl (C=O) groups is 2. The van der Waals surface area contributed by atoms with E-state index in [2.05, 4.69) is 11.4 Å². The standard InChI is InChI=1S/C20H22N2O3/c1-13-8-14(2)10-16(9-13)21-20(24)15-11-19(23)22(12-15)17-4-6-18(25-3)7-5-17/h4-10,15H,11-12H2,1-3H3,(H,21,24). The van der Waals surface area contributed by atoms with E-state index in [1.54, 1.807) is 12.0 Å². The summed E-state index contributed by atoms with van der Waals surface area (Å²) in [6.07, 6.45) is 0.225. The molecule has 0 aliphatic carbocycles. The van der Waals surface area contributed by atoms with Crippen molar-refractivity contribution in [2.45, 2.75) is 20.3 Å². The van der Waals surface area contributed by atoms with Crippen LogP contribution in [-0.4, -0.2) is 25.5 Å². The zero-order chi connectivity index (χ0) is 18.0. The molecule has 0 saturated carbocycles. The normalized spacial score (nSPS) is 16.8. The molecule has 0 radical (unpaired) electrons. The number of aryl methyl sites for hydroxylation is 2. The first-order chi connectivity index (χ1) is 12.0. The number of hydrogen-bond donors (Lipinski definition) is 1. The minimum atomic E-state index is -0.351. The van der Waals surface area contributed by atoms with E-state index in [1.807, 2.05) is 50.2 Å². The van der Waals surface area contributed by atoms with Gasteiger partial charge in [-0.1, -0.05) is 6.07 Å². The lowest BCUT2D eigenvalue weighted by atomic mass is 10.1. The Morgan fingerprint density at radius 2 is 1.76 bits per heavy atom. The first-order valence-electron chi connectivity index (χ1n) is 8.30. The molecule has 5 nitrogen and oxygen atoms in total. The zero-order valence-electron chi connectivity index (χ0n) is 14.7. The van der Waals surface area contributed by atoms with Gasteiger partial charge >= 0.3 is 0 Å². The summed E-state index contributed by atoms with van der Waals surface area (Å²) in [5.74, 6) is 0.232. The third-order valence-electron chi connectivity index (χ3n) is 4.37. The quantitative estimate of drug-likeness (QED) is 0.930. The van der Waals surface area contributed by atoms with Crippen LogP contribution >= 0.6 is 0 Å². The van der Waals surface area contributed by atoms with Gasteiger partial charge in [0.25, 0.3) is 0 Å². The first-order valence-corrected chi connectivity index (χ1v) is 8.30. The van der Waals surface area contributed by atoms with Crippen molar-refractivity contribution in [3.63, 3.8) is 0 Å². The number of methoxy groups -OCH3 is 1. The number of nitrogens with one attached hydrogen (secondary N) is 1. The van der Waals surface area contributed by atoms with Crippen molar-refractivity contribution in [2.75, 3.05) is 23.9 Å². The summed E-state index contributed by atoms with van der Waals surface area (Å²) in [6.45, 7) is 4.38. The van der Waals surface area contributed by atoms with Gasteiger partial charge in [0.1, 0.15) is 5.75 Å². The van der Waals surface area contributed by atoms with Gasteiger partial charge in [-0.3, -0.25) is 9.59 Å². The average molecular weight is 338 g/mol. The van der Waals surface area contributed by atoms with Crippen LogP contribution in [0, 0.1) is 19.8 Å². The van der Waals surface area contributed by atoms with Crippen LogP contribution in [0.3, 0.4) is 0 Å². The second-order valence-electron chi connectivity index (χ2n) is 6.47. The van der Waals surface area contributed by atoms with Gasteiger partial charge in [0.2, 0.25) is 11.8 Å². The Kier molecular flexibility index (Phi) is 4.74. The average Bonchev–Trinajstić information content (AvgIpc) is 2.96. The van der Waals surface area contributed by atoms with Crippen molar-refractivity contribution in [3.05, 3.63) is 53.6 Å². The number of hydrogen-bond acceptors (Lipinski definition) is 3. The second kappa shape index (κ2) is 6.97. The van der Waals surface area contributed by atoms with Crippen molar-refractivity contribution < 1.29 is 14.3 Å². The fourth-order valence-electron chi connectivity index (χ4n) is 3.19. The molecule has 0 bridgehead atoms. The second-order valence-corrected chi connectivity index (χ2v) is 6.47. The summed E-state index contributed by atoms with van der Waals surface area (Å²) in [6, 6.07) is 13.2. The predicted octanol–water partition coefficient (Wildman–Crippen LogP) is 3.30. The van der Waals surface area contributed by atoms with Crippen LogP contribution in [0.4, 0.5) is 11.4 Å². The summed E-state index contributed by atoms with van der Waals surface area (Å²) in [5.41, 5.74) is 3.75. The maximum Gasteiger partial charge on any atom is 0.229 e. The van der Waals surface area contributed by atoms with Gasteiger partial charge in [-0.15, -0.1) is 0 Å². The summed E-state index contributed by atoms with van der Waals surface area (Å²) < 4.78 is 5.14. The number of carbonyl (C=O) groups excluding carboxylic acids is 2. The lowest BCUT2D eigenvalue weighted by Gasteiger charge is -2.17. The molecule has 3 rings (SSSR count). The van der Waals surface area contributed by atoms with Gasteiger partial charge in [0, 0.05) is 24.3 Å². The number of rotatable bonds is 4. The molecule has 0 aromatic heterocycles. The molecule has 2 amide bonds. The van der Waals surface area contributed by atoms with Crippen LogP contribution in [0.25, 0.3) is 0 Å². The van der Waals surface area contributed by atoms with Crippen molar-refractivity contribution in [1.82, 2.24) is 0 Å². The minimum absolute atomic E-state index is 0.0364. The minimum Gasteiger partial charge on any atom is -0.497 e. The molecule has 0 spiro atoms. The Labute approximate surface area is 147 Å². The lowest BCUT2D eigenvalue weighted by Crippen LogP contribution is -2.28. The molecule has 1 aliphatic rings. The number of ether oxygens (including phenoxy) is 1. The van der Waals surface area contributed by atoms with Crippen molar-refractivity contribution in [2.24, 2.45) is 5.92 Å². The van der Waals surface area contributed by atoms with Gasteiger partial charge in [0.05, 0.1) is 13.0 Å². The van der Waals surface area contributed by atoms with Gasteiger partial charge < -0.3 is 15.0 Å². The van der Waals surface area contributed by atoms with Crippen LogP contribution < -0.4 is 15.0 Å². The smallest absolute Gasteiger partial charge is 0.229 e. The van der Waals surface area contributed by atoms with Crippen LogP contribution in [-0.2, 0) is 9.59 Å². The van der Waals surface area contributed by atoms with E-state index < -0.39 is 0 Å². The Morgan fingerprint density at radius 3 is 2.36 bits per heavy atom. The predicted molar refractivity (Wildman–Crippen MR) is 98.0 cm³/mol. The largest absolute Gasteiger partial charge is 0.497 e. The summed E-state index contributed by atoms with van der Waals surface area (Å²) in [5, 5.41) is 2.94. The molecule has 1 aliphatic heterocycles. The summed E-state index contributed by atoms with van der Waals surface area (Å²) in [4.78, 5) is 26.5. The SMILES string of the molecule is COc1ccc(N2CC(C(=O)Nc3cc(C)cc(C)c3)CC2=O)cc1. The highest BCUT2D eigenvalue weighted by atomic mass is 16.5. The van der Waals surface area contributed by atoms with Crippen molar-refractivity contribution in [1.29, 1.82) is 0 Å². The number of anilines is 2. The third-order valence-corrected chi connectivity index (χ3v) is 4.37. The van der Waals surface area contributed by atoms with E-state index in [-0.39, 0.29) is 24.2 Å². The molecule has 5 heteroatoms. The Hall–Kier alpha value is -2.82. The molecule has 25 heavy (non-hydrogen) atoms. The van der Waals surface area contributed by atoms with Gasteiger partial charge in [0.15, 0.2) is 0 Å². The highest BCUT2D eigenvalue weighted by Gasteiger charge is 2.35. The van der Waals surface area contributed by atoms with E-state index in [4.69, 9.17) is 4.74 Å². The van der Waals surface area contributed by atoms with E-state index in [1.165, 1.54) is 0 Å². The maximum atomic E-state index is 12.6. The topological polar surface area (TPSA) is 58.6 Å². The van der Waals surface area contributed by atoms with Crippen molar-refractivity contribution in [3.8, 4) is 5.75 Å². The van der Waals surface area contributed by atoms with E-state index in [0.29, 0.717) is 6.54 Å².